The fraction of sp³-hybridized carbons (Fsp3) is 0.632. The number of benzene rings is 1. The average molecular weight is 306 g/mol. The predicted molar refractivity (Wildman–Crippen MR) is 90.7 cm³/mol. The van der Waals surface area contributed by atoms with E-state index in [1.54, 1.807) is 24.3 Å². The minimum Gasteiger partial charge on any atom is -0.490 e. The molecule has 0 spiro atoms. The topological polar surface area (TPSA) is 46.5 Å². The summed E-state index contributed by atoms with van der Waals surface area (Å²) in [6.07, 6.45) is 11.1. The van der Waals surface area contributed by atoms with Crippen molar-refractivity contribution < 1.29 is 14.6 Å². The van der Waals surface area contributed by atoms with Crippen molar-refractivity contribution in [1.82, 2.24) is 0 Å². The van der Waals surface area contributed by atoms with Gasteiger partial charge in [-0.05, 0) is 43.5 Å². The first-order valence-corrected chi connectivity index (χ1v) is 8.67. The maximum Gasteiger partial charge on any atom is 0.335 e. The summed E-state index contributed by atoms with van der Waals surface area (Å²) in [5.74, 6) is -0.121. The second-order valence-corrected chi connectivity index (χ2v) is 5.91. The van der Waals surface area contributed by atoms with Gasteiger partial charge >= 0.3 is 5.97 Å². The van der Waals surface area contributed by atoms with Gasteiger partial charge in [-0.15, -0.1) is 0 Å². The number of rotatable bonds is 12. The van der Waals surface area contributed by atoms with Crippen LogP contribution in [0.2, 0.25) is 0 Å². The minimum atomic E-state index is -0.898. The highest BCUT2D eigenvalue weighted by molar-refractivity contribution is 5.87. The molecule has 22 heavy (non-hydrogen) atoms. The van der Waals surface area contributed by atoms with E-state index in [-0.39, 0.29) is 6.10 Å². The summed E-state index contributed by atoms with van der Waals surface area (Å²) >= 11 is 0. The first-order valence-electron chi connectivity index (χ1n) is 8.67. The summed E-state index contributed by atoms with van der Waals surface area (Å²) in [5, 5.41) is 8.92. The van der Waals surface area contributed by atoms with Gasteiger partial charge in [-0.3, -0.25) is 0 Å². The lowest BCUT2D eigenvalue weighted by atomic mass is 10.0. The lowest BCUT2D eigenvalue weighted by molar-refractivity contribution is 0.0697. The van der Waals surface area contributed by atoms with Gasteiger partial charge in [-0.2, -0.15) is 0 Å². The Morgan fingerprint density at radius 2 is 1.55 bits per heavy atom. The Morgan fingerprint density at radius 3 is 2.14 bits per heavy atom. The number of hydrogen-bond donors (Lipinski definition) is 1. The Bertz CT molecular complexity index is 411. The van der Waals surface area contributed by atoms with Gasteiger partial charge in [-0.1, -0.05) is 52.4 Å². The van der Waals surface area contributed by atoms with E-state index in [4.69, 9.17) is 9.84 Å². The fourth-order valence-electron chi connectivity index (χ4n) is 2.54. The molecular formula is C19H30O3. The minimum absolute atomic E-state index is 0.247. The smallest absolute Gasteiger partial charge is 0.335 e. The molecule has 3 nitrogen and oxygen atoms in total. The molecule has 0 fully saturated rings. The van der Waals surface area contributed by atoms with Crippen LogP contribution in [0.3, 0.4) is 0 Å². The molecule has 1 aromatic carbocycles. The van der Waals surface area contributed by atoms with E-state index in [1.165, 1.54) is 44.9 Å². The highest BCUT2D eigenvalue weighted by Gasteiger charge is 2.11. The van der Waals surface area contributed by atoms with Gasteiger partial charge in [0.1, 0.15) is 5.75 Å². The number of aromatic carboxylic acids is 1. The van der Waals surface area contributed by atoms with Crippen molar-refractivity contribution in [3.63, 3.8) is 0 Å². The van der Waals surface area contributed by atoms with E-state index in [2.05, 4.69) is 13.8 Å². The zero-order valence-electron chi connectivity index (χ0n) is 14.0. The van der Waals surface area contributed by atoms with Crippen LogP contribution in [-0.4, -0.2) is 17.2 Å². The summed E-state index contributed by atoms with van der Waals surface area (Å²) in [4.78, 5) is 10.9. The summed E-state index contributed by atoms with van der Waals surface area (Å²) < 4.78 is 6.06. The number of carbonyl (C=O) groups is 1. The van der Waals surface area contributed by atoms with Crippen LogP contribution < -0.4 is 4.74 Å². The summed E-state index contributed by atoms with van der Waals surface area (Å²) in [7, 11) is 0. The summed E-state index contributed by atoms with van der Waals surface area (Å²) in [6.45, 7) is 4.42. The SMILES string of the molecule is CCCCCCCC(CCCC)Oc1ccc(C(=O)O)cc1. The molecule has 0 bridgehead atoms. The molecule has 0 heterocycles. The van der Waals surface area contributed by atoms with E-state index in [1.807, 2.05) is 0 Å². The third-order valence-electron chi connectivity index (χ3n) is 3.91. The molecule has 1 aromatic rings. The van der Waals surface area contributed by atoms with Crippen molar-refractivity contribution in [2.75, 3.05) is 0 Å². The van der Waals surface area contributed by atoms with Crippen molar-refractivity contribution in [3.05, 3.63) is 29.8 Å². The summed E-state index contributed by atoms with van der Waals surface area (Å²) in [5.41, 5.74) is 0.303. The van der Waals surface area contributed by atoms with E-state index < -0.39 is 5.97 Å². The van der Waals surface area contributed by atoms with E-state index in [9.17, 15) is 4.79 Å². The lowest BCUT2D eigenvalue weighted by Crippen LogP contribution is -2.16. The van der Waals surface area contributed by atoms with Crippen LogP contribution >= 0.6 is 0 Å². The Balaban J connectivity index is 2.46. The van der Waals surface area contributed by atoms with E-state index in [0.29, 0.717) is 5.56 Å². The molecule has 0 radical (unpaired) electrons. The normalized spacial score (nSPS) is 12.1. The maximum absolute atomic E-state index is 10.9. The number of unbranched alkanes of at least 4 members (excludes halogenated alkanes) is 5. The van der Waals surface area contributed by atoms with Gasteiger partial charge < -0.3 is 9.84 Å². The molecule has 1 N–H and O–H groups in total. The first-order chi connectivity index (χ1) is 10.7. The van der Waals surface area contributed by atoms with Gasteiger partial charge in [0.2, 0.25) is 0 Å². The van der Waals surface area contributed by atoms with Gasteiger partial charge in [0.05, 0.1) is 11.7 Å². The Hall–Kier alpha value is -1.51. The molecule has 0 aliphatic heterocycles. The van der Waals surface area contributed by atoms with E-state index in [0.717, 1.165) is 18.6 Å². The van der Waals surface area contributed by atoms with Crippen molar-refractivity contribution in [1.29, 1.82) is 0 Å². The third-order valence-corrected chi connectivity index (χ3v) is 3.91. The van der Waals surface area contributed by atoms with Crippen LogP contribution in [0.25, 0.3) is 0 Å². The predicted octanol–water partition coefficient (Wildman–Crippen LogP) is 5.68. The van der Waals surface area contributed by atoms with Crippen LogP contribution in [0.1, 0.15) is 82.0 Å². The van der Waals surface area contributed by atoms with Crippen molar-refractivity contribution in [2.45, 2.75) is 77.7 Å². The summed E-state index contributed by atoms with van der Waals surface area (Å²) in [6, 6.07) is 6.74. The van der Waals surface area contributed by atoms with Crippen LogP contribution in [0.4, 0.5) is 0 Å². The number of carboxylic acids is 1. The highest BCUT2D eigenvalue weighted by atomic mass is 16.5. The third kappa shape index (κ3) is 7.48. The van der Waals surface area contributed by atoms with Crippen molar-refractivity contribution in [2.24, 2.45) is 0 Å². The van der Waals surface area contributed by atoms with Crippen molar-refractivity contribution in [3.8, 4) is 5.75 Å². The molecule has 0 aliphatic carbocycles. The van der Waals surface area contributed by atoms with Crippen LogP contribution in [0.5, 0.6) is 5.75 Å². The zero-order chi connectivity index (χ0) is 16.2. The molecule has 0 saturated carbocycles. The second kappa shape index (κ2) is 11.1. The monoisotopic (exact) mass is 306 g/mol. The number of ether oxygens (including phenoxy) is 1. The van der Waals surface area contributed by atoms with Crippen LogP contribution in [0.15, 0.2) is 24.3 Å². The van der Waals surface area contributed by atoms with Gasteiger partial charge in [0.15, 0.2) is 0 Å². The van der Waals surface area contributed by atoms with Gasteiger partial charge in [0.25, 0.3) is 0 Å². The van der Waals surface area contributed by atoms with Crippen LogP contribution in [-0.2, 0) is 0 Å². The average Bonchev–Trinajstić information content (AvgIpc) is 2.52. The molecule has 0 aliphatic rings. The lowest BCUT2D eigenvalue weighted by Gasteiger charge is -2.19. The van der Waals surface area contributed by atoms with Gasteiger partial charge in [-0.25, -0.2) is 4.79 Å². The molecule has 0 amide bonds. The first kappa shape index (κ1) is 18.5. The standard InChI is InChI=1S/C19H30O3/c1-3-5-7-8-9-11-17(10-6-4-2)22-18-14-12-16(13-15-18)19(20)21/h12-15,17H,3-11H2,1-2H3,(H,20,21). The molecule has 1 rings (SSSR count). The Kier molecular flexibility index (Phi) is 9.36. The fourth-order valence-corrected chi connectivity index (χ4v) is 2.54. The number of hydrogen-bond acceptors (Lipinski definition) is 2. The largest absolute Gasteiger partial charge is 0.490 e. The quantitative estimate of drug-likeness (QED) is 0.505. The Morgan fingerprint density at radius 1 is 0.955 bits per heavy atom. The molecule has 124 valence electrons. The molecule has 1 unspecified atom stereocenters. The molecule has 0 aromatic heterocycles. The highest BCUT2D eigenvalue weighted by Crippen LogP contribution is 2.20. The Labute approximate surface area is 134 Å². The molecule has 0 saturated heterocycles. The van der Waals surface area contributed by atoms with E-state index >= 15 is 0 Å². The molecular weight excluding hydrogens is 276 g/mol. The zero-order valence-corrected chi connectivity index (χ0v) is 14.0. The molecule has 3 heteroatoms. The maximum atomic E-state index is 10.9. The van der Waals surface area contributed by atoms with Crippen LogP contribution in [0, 0.1) is 0 Å². The number of carboxylic acid groups (broad SMARTS) is 1. The molecule has 1 atom stereocenters. The van der Waals surface area contributed by atoms with Gasteiger partial charge in [0, 0.05) is 0 Å². The second-order valence-electron chi connectivity index (χ2n) is 5.91. The van der Waals surface area contributed by atoms with Crippen molar-refractivity contribution >= 4 is 5.97 Å².